The van der Waals surface area contributed by atoms with Gasteiger partial charge in [0.05, 0.1) is 16.7 Å². The van der Waals surface area contributed by atoms with Gasteiger partial charge in [-0.15, -0.1) is 5.06 Å². The number of rotatable bonds is 9. The van der Waals surface area contributed by atoms with Crippen LogP contribution in [0.25, 0.3) is 0 Å². The summed E-state index contributed by atoms with van der Waals surface area (Å²) in [7, 11) is 0. The number of hydrogen-bond donors (Lipinski definition) is 0. The van der Waals surface area contributed by atoms with E-state index >= 15 is 0 Å². The summed E-state index contributed by atoms with van der Waals surface area (Å²) in [6.07, 6.45) is -6.51. The summed E-state index contributed by atoms with van der Waals surface area (Å²) in [5.74, 6) is -5.19. The lowest BCUT2D eigenvalue weighted by molar-refractivity contribution is -0.207. The molecule has 220 valence electrons. The molecule has 4 atom stereocenters. The first kappa shape index (κ1) is 29.1. The van der Waals surface area contributed by atoms with Gasteiger partial charge in [0, 0.05) is 12.8 Å². The van der Waals surface area contributed by atoms with Gasteiger partial charge in [-0.05, 0) is 36.4 Å². The van der Waals surface area contributed by atoms with Crippen LogP contribution in [0.5, 0.6) is 0 Å². The third-order valence-electron chi connectivity index (χ3n) is 6.62. The van der Waals surface area contributed by atoms with Gasteiger partial charge in [-0.25, -0.2) is 19.2 Å². The van der Waals surface area contributed by atoms with Gasteiger partial charge in [0.15, 0.2) is 18.3 Å². The first-order valence-electron chi connectivity index (χ1n) is 13.3. The number of carbonyl (C=O) groups is 6. The summed E-state index contributed by atoms with van der Waals surface area (Å²) in [5, 5.41) is 0.315. The molecule has 0 bridgehead atoms. The number of hydrogen-bond acceptors (Lipinski definition) is 11. The number of ether oxygens (including phenoxy) is 4. The quantitative estimate of drug-likeness (QED) is 0.206. The molecule has 2 aliphatic rings. The van der Waals surface area contributed by atoms with Crippen LogP contribution < -0.4 is 0 Å². The highest BCUT2D eigenvalue weighted by atomic mass is 16.7. The first-order valence-corrected chi connectivity index (χ1v) is 13.3. The molecule has 2 fully saturated rings. The number of benzene rings is 3. The van der Waals surface area contributed by atoms with Gasteiger partial charge in [0.2, 0.25) is 0 Å². The first-order chi connectivity index (χ1) is 20.8. The fourth-order valence-electron chi connectivity index (χ4n) is 4.47. The van der Waals surface area contributed by atoms with Gasteiger partial charge in [-0.3, -0.25) is 9.59 Å². The van der Waals surface area contributed by atoms with Crippen LogP contribution in [-0.2, 0) is 38.2 Å². The van der Waals surface area contributed by atoms with Crippen LogP contribution in [0.15, 0.2) is 91.0 Å². The third kappa shape index (κ3) is 6.76. The smallest absolute Gasteiger partial charge is 0.365 e. The Kier molecular flexibility index (Phi) is 8.87. The Balaban J connectivity index is 1.44. The van der Waals surface area contributed by atoms with E-state index in [1.54, 1.807) is 54.6 Å². The zero-order chi connectivity index (χ0) is 30.3. The van der Waals surface area contributed by atoms with Gasteiger partial charge in [0.1, 0.15) is 12.7 Å². The average Bonchev–Trinajstić information content (AvgIpc) is 3.54. The predicted molar refractivity (Wildman–Crippen MR) is 144 cm³/mol. The minimum Gasteiger partial charge on any atom is -0.459 e. The minimum absolute atomic E-state index is 0.117. The Bertz CT molecular complexity index is 1490. The minimum atomic E-state index is -1.78. The topological polar surface area (TPSA) is 152 Å². The fraction of sp³-hybridized carbons (Fsp3) is 0.226. The van der Waals surface area contributed by atoms with Crippen molar-refractivity contribution < 1.29 is 52.6 Å². The number of hydroxylamine groups is 2. The molecule has 0 radical (unpaired) electrons. The lowest BCUT2D eigenvalue weighted by atomic mass is 10.1. The van der Waals surface area contributed by atoms with E-state index in [4.69, 9.17) is 23.8 Å². The molecule has 12 heteroatoms. The van der Waals surface area contributed by atoms with Crippen molar-refractivity contribution in [3.8, 4) is 0 Å². The molecule has 2 amide bonds. The van der Waals surface area contributed by atoms with E-state index in [9.17, 15) is 28.8 Å². The summed E-state index contributed by atoms with van der Waals surface area (Å²) >= 11 is 0. The third-order valence-corrected chi connectivity index (χ3v) is 6.62. The summed E-state index contributed by atoms with van der Waals surface area (Å²) in [6.45, 7) is -0.523. The average molecular weight is 588 g/mol. The molecular weight excluding hydrogens is 562 g/mol. The normalized spacial score (nSPS) is 21.3. The largest absolute Gasteiger partial charge is 0.459 e. The molecule has 2 heterocycles. The standard InChI is InChI=1S/C31H25NO11/c33-23-16-17-24(34)32(23)43-31(38)27-26(42-30(37)21-14-8-3-9-15-21)25(41-29(36)20-12-6-2-7-13-20)22(40-27)18-39-28(35)19-10-4-1-5-11-19/h1-15,22,25-27H,16-18H2/t22-,25-,26-,27?/m1/s1. The van der Waals surface area contributed by atoms with Gasteiger partial charge in [-0.1, -0.05) is 54.6 Å². The molecule has 2 saturated heterocycles. The molecule has 43 heavy (non-hydrogen) atoms. The van der Waals surface area contributed by atoms with Gasteiger partial charge in [-0.2, -0.15) is 0 Å². The Morgan fingerprint density at radius 1 is 0.651 bits per heavy atom. The number of imide groups is 1. The van der Waals surface area contributed by atoms with Crippen LogP contribution in [0.4, 0.5) is 0 Å². The van der Waals surface area contributed by atoms with Crippen molar-refractivity contribution in [1.82, 2.24) is 5.06 Å². The summed E-state index contributed by atoms with van der Waals surface area (Å²) < 4.78 is 22.6. The highest BCUT2D eigenvalue weighted by Crippen LogP contribution is 2.31. The highest BCUT2D eigenvalue weighted by Gasteiger charge is 2.55. The summed E-state index contributed by atoms with van der Waals surface area (Å²) in [4.78, 5) is 81.4. The van der Waals surface area contributed by atoms with Crippen molar-refractivity contribution in [2.24, 2.45) is 0 Å². The van der Waals surface area contributed by atoms with Crippen molar-refractivity contribution in [2.45, 2.75) is 37.3 Å². The molecule has 3 aromatic rings. The van der Waals surface area contributed by atoms with Crippen LogP contribution in [0.2, 0.25) is 0 Å². The second kappa shape index (κ2) is 13.1. The number of carbonyl (C=O) groups excluding carboxylic acids is 6. The van der Waals surface area contributed by atoms with Crippen molar-refractivity contribution in [3.05, 3.63) is 108 Å². The molecular formula is C31H25NO11. The number of nitrogens with zero attached hydrogens (tertiary/aromatic N) is 1. The van der Waals surface area contributed by atoms with E-state index in [-0.39, 0.29) is 29.5 Å². The SMILES string of the molecule is O=C(OC[C@H]1OC(C(=O)ON2C(=O)CCC2=O)[C@H](OC(=O)c2ccccc2)[C@@H]1OC(=O)c1ccccc1)c1ccccc1. The van der Waals surface area contributed by atoms with E-state index < -0.39 is 66.7 Å². The molecule has 0 N–H and O–H groups in total. The van der Waals surface area contributed by atoms with Crippen LogP contribution in [0.1, 0.15) is 43.9 Å². The molecule has 0 aromatic heterocycles. The fourth-order valence-corrected chi connectivity index (χ4v) is 4.47. The van der Waals surface area contributed by atoms with E-state index in [0.29, 0.717) is 5.06 Å². The maximum absolute atomic E-state index is 13.3. The summed E-state index contributed by atoms with van der Waals surface area (Å²) in [5.41, 5.74) is 0.494. The predicted octanol–water partition coefficient (Wildman–Crippen LogP) is 2.67. The second-order valence-corrected chi connectivity index (χ2v) is 9.52. The maximum atomic E-state index is 13.3. The zero-order valence-electron chi connectivity index (χ0n) is 22.5. The Labute approximate surface area is 245 Å². The van der Waals surface area contributed by atoms with E-state index in [0.717, 1.165) is 0 Å². The Morgan fingerprint density at radius 3 is 1.58 bits per heavy atom. The van der Waals surface area contributed by atoms with Crippen LogP contribution in [0.3, 0.4) is 0 Å². The molecule has 0 saturated carbocycles. The summed E-state index contributed by atoms with van der Waals surface area (Å²) in [6, 6.07) is 23.7. The molecule has 3 aromatic carbocycles. The second-order valence-electron chi connectivity index (χ2n) is 9.52. The van der Waals surface area contributed by atoms with Crippen LogP contribution >= 0.6 is 0 Å². The highest BCUT2D eigenvalue weighted by molar-refractivity contribution is 6.02. The Hall–Kier alpha value is -5.36. The van der Waals surface area contributed by atoms with Crippen LogP contribution in [-0.4, -0.2) is 71.8 Å². The molecule has 0 spiro atoms. The number of amides is 2. The van der Waals surface area contributed by atoms with E-state index in [1.807, 2.05) is 0 Å². The van der Waals surface area contributed by atoms with Crippen molar-refractivity contribution in [2.75, 3.05) is 6.61 Å². The molecule has 2 aliphatic heterocycles. The van der Waals surface area contributed by atoms with Crippen molar-refractivity contribution in [3.63, 3.8) is 0 Å². The lowest BCUT2D eigenvalue weighted by Gasteiger charge is -2.24. The zero-order valence-corrected chi connectivity index (χ0v) is 22.5. The van der Waals surface area contributed by atoms with Gasteiger partial charge >= 0.3 is 23.9 Å². The molecule has 0 aliphatic carbocycles. The monoisotopic (exact) mass is 587 g/mol. The van der Waals surface area contributed by atoms with Crippen molar-refractivity contribution in [1.29, 1.82) is 0 Å². The lowest BCUT2D eigenvalue weighted by Crippen LogP contribution is -2.45. The Morgan fingerprint density at radius 2 is 1.09 bits per heavy atom. The van der Waals surface area contributed by atoms with E-state index in [2.05, 4.69) is 0 Å². The van der Waals surface area contributed by atoms with Gasteiger partial charge < -0.3 is 23.8 Å². The maximum Gasteiger partial charge on any atom is 0.365 e. The van der Waals surface area contributed by atoms with Gasteiger partial charge in [0.25, 0.3) is 11.8 Å². The number of esters is 3. The molecule has 5 rings (SSSR count). The molecule has 1 unspecified atom stereocenters. The molecule has 12 nitrogen and oxygen atoms in total. The van der Waals surface area contributed by atoms with Crippen LogP contribution in [0, 0.1) is 0 Å². The van der Waals surface area contributed by atoms with Crippen molar-refractivity contribution >= 4 is 35.7 Å². The van der Waals surface area contributed by atoms with E-state index in [1.165, 1.54) is 36.4 Å².